The van der Waals surface area contributed by atoms with E-state index in [0.29, 0.717) is 17.3 Å². The zero-order valence-electron chi connectivity index (χ0n) is 11.8. The molecule has 0 bridgehead atoms. The van der Waals surface area contributed by atoms with Gasteiger partial charge in [0.15, 0.2) is 5.11 Å². The Balaban J connectivity index is 1.64. The first-order valence-corrected chi connectivity index (χ1v) is 8.71. The quantitative estimate of drug-likeness (QED) is 0.580. The molecular formula is C16H16ClFN2S2. The summed E-state index contributed by atoms with van der Waals surface area (Å²) in [6.07, 6.45) is 0. The van der Waals surface area contributed by atoms with Gasteiger partial charge < -0.3 is 10.6 Å². The molecule has 0 fully saturated rings. The number of rotatable bonds is 6. The van der Waals surface area contributed by atoms with Crippen LogP contribution in [0, 0.1) is 5.82 Å². The van der Waals surface area contributed by atoms with Crippen LogP contribution in [0.5, 0.6) is 0 Å². The summed E-state index contributed by atoms with van der Waals surface area (Å²) in [7, 11) is 0. The van der Waals surface area contributed by atoms with Crippen molar-refractivity contribution in [2.45, 2.75) is 5.75 Å². The van der Waals surface area contributed by atoms with E-state index in [1.165, 1.54) is 11.6 Å². The molecule has 0 saturated carbocycles. The zero-order valence-corrected chi connectivity index (χ0v) is 14.2. The minimum atomic E-state index is -0.318. The van der Waals surface area contributed by atoms with Gasteiger partial charge in [-0.3, -0.25) is 0 Å². The molecule has 0 atom stereocenters. The van der Waals surface area contributed by atoms with Crippen molar-refractivity contribution in [3.63, 3.8) is 0 Å². The van der Waals surface area contributed by atoms with Gasteiger partial charge in [-0.05, 0) is 42.0 Å². The summed E-state index contributed by atoms with van der Waals surface area (Å²) < 4.78 is 13.4. The molecule has 2 rings (SSSR count). The highest BCUT2D eigenvalue weighted by atomic mass is 35.5. The van der Waals surface area contributed by atoms with Crippen molar-refractivity contribution in [2.75, 3.05) is 17.6 Å². The molecule has 0 saturated heterocycles. The van der Waals surface area contributed by atoms with Gasteiger partial charge >= 0.3 is 0 Å². The first kappa shape index (κ1) is 17.1. The Kier molecular flexibility index (Phi) is 6.96. The highest BCUT2D eigenvalue weighted by Gasteiger charge is 2.02. The maximum atomic E-state index is 13.4. The molecule has 0 radical (unpaired) electrons. The topological polar surface area (TPSA) is 24.1 Å². The van der Waals surface area contributed by atoms with E-state index in [1.54, 1.807) is 30.0 Å². The summed E-state index contributed by atoms with van der Waals surface area (Å²) in [4.78, 5) is 0. The van der Waals surface area contributed by atoms with Crippen molar-refractivity contribution < 1.29 is 4.39 Å². The number of hydrogen-bond acceptors (Lipinski definition) is 2. The lowest BCUT2D eigenvalue weighted by molar-refractivity contribution is 0.632. The van der Waals surface area contributed by atoms with Crippen molar-refractivity contribution in [1.82, 2.24) is 5.32 Å². The Hall–Kier alpha value is -1.30. The fourth-order valence-electron chi connectivity index (χ4n) is 1.78. The lowest BCUT2D eigenvalue weighted by atomic mass is 10.2. The summed E-state index contributed by atoms with van der Waals surface area (Å²) >= 11 is 12.9. The number of thioether (sulfide) groups is 1. The zero-order chi connectivity index (χ0) is 15.8. The largest absolute Gasteiger partial charge is 0.362 e. The first-order valence-electron chi connectivity index (χ1n) is 6.77. The molecule has 0 aromatic heterocycles. The number of hydrogen-bond donors (Lipinski definition) is 2. The van der Waals surface area contributed by atoms with Crippen LogP contribution in [0.2, 0.25) is 5.02 Å². The third-order valence-corrected chi connectivity index (χ3v) is 4.32. The summed E-state index contributed by atoms with van der Waals surface area (Å²) in [5.41, 5.74) is 1.58. The van der Waals surface area contributed by atoms with Gasteiger partial charge in [0.2, 0.25) is 0 Å². The number of anilines is 1. The summed E-state index contributed by atoms with van der Waals surface area (Å²) in [6, 6.07) is 14.3. The lowest BCUT2D eigenvalue weighted by Crippen LogP contribution is -2.30. The Bertz CT molecular complexity index is 637. The summed E-state index contributed by atoms with van der Waals surface area (Å²) in [6.45, 7) is 0.714. The van der Waals surface area contributed by atoms with Crippen molar-refractivity contribution in [3.8, 4) is 0 Å². The molecule has 0 aliphatic heterocycles. The molecule has 6 heteroatoms. The van der Waals surface area contributed by atoms with Gasteiger partial charge in [-0.25, -0.2) is 4.39 Å². The highest BCUT2D eigenvalue weighted by Crippen LogP contribution is 2.16. The van der Waals surface area contributed by atoms with Crippen LogP contribution in [-0.2, 0) is 5.75 Å². The molecule has 0 amide bonds. The normalized spacial score (nSPS) is 10.3. The van der Waals surface area contributed by atoms with Crippen LogP contribution >= 0.6 is 35.6 Å². The van der Waals surface area contributed by atoms with E-state index in [0.717, 1.165) is 16.5 Å². The van der Waals surface area contributed by atoms with Crippen LogP contribution in [0.1, 0.15) is 5.56 Å². The molecule has 116 valence electrons. The molecule has 2 nitrogen and oxygen atoms in total. The second-order valence-corrected chi connectivity index (χ2v) is 6.49. The number of thiocarbonyl (C=S) groups is 1. The minimum Gasteiger partial charge on any atom is -0.362 e. The average Bonchev–Trinajstić information content (AvgIpc) is 2.49. The second kappa shape index (κ2) is 8.98. The molecule has 0 unspecified atom stereocenters. The average molecular weight is 355 g/mol. The van der Waals surface area contributed by atoms with Crippen molar-refractivity contribution in [2.24, 2.45) is 0 Å². The lowest BCUT2D eigenvalue weighted by Gasteiger charge is -2.11. The van der Waals surface area contributed by atoms with E-state index in [4.69, 9.17) is 23.8 Å². The molecule has 0 aliphatic carbocycles. The molecule has 2 aromatic carbocycles. The number of para-hydroxylation sites is 1. The van der Waals surface area contributed by atoms with Crippen molar-refractivity contribution in [3.05, 3.63) is 64.9 Å². The van der Waals surface area contributed by atoms with E-state index < -0.39 is 0 Å². The maximum absolute atomic E-state index is 13.4. The fourth-order valence-corrected chi connectivity index (χ4v) is 3.01. The van der Waals surface area contributed by atoms with Crippen LogP contribution in [0.4, 0.5) is 10.1 Å². The Labute approximate surface area is 144 Å². The smallest absolute Gasteiger partial charge is 0.170 e. The first-order chi connectivity index (χ1) is 10.6. The van der Waals surface area contributed by atoms with E-state index in [9.17, 15) is 4.39 Å². The standard InChI is InChI=1S/C16H16ClFN2S2/c17-13-5-3-4-12(10-13)11-22-9-8-19-16(21)20-15-7-2-1-6-14(15)18/h1-7,10H,8-9,11H2,(H2,19,20,21). The number of halogens is 2. The Morgan fingerprint density at radius 2 is 2.00 bits per heavy atom. The van der Waals surface area contributed by atoms with Gasteiger partial charge in [-0.2, -0.15) is 11.8 Å². The number of benzene rings is 2. The van der Waals surface area contributed by atoms with Crippen LogP contribution < -0.4 is 10.6 Å². The van der Waals surface area contributed by atoms with Crippen molar-refractivity contribution >= 4 is 46.4 Å². The van der Waals surface area contributed by atoms with E-state index in [2.05, 4.69) is 16.7 Å². The second-order valence-electron chi connectivity index (χ2n) is 4.54. The third kappa shape index (κ3) is 5.83. The molecule has 0 spiro atoms. The SMILES string of the molecule is Fc1ccccc1NC(=S)NCCSCc1cccc(Cl)c1. The van der Waals surface area contributed by atoms with Gasteiger partial charge in [0.1, 0.15) is 5.82 Å². The Morgan fingerprint density at radius 1 is 1.18 bits per heavy atom. The maximum Gasteiger partial charge on any atom is 0.170 e. The fraction of sp³-hybridized carbons (Fsp3) is 0.188. The summed E-state index contributed by atoms with van der Waals surface area (Å²) in [5.74, 6) is 1.48. The van der Waals surface area contributed by atoms with Gasteiger partial charge in [0.05, 0.1) is 5.69 Å². The van der Waals surface area contributed by atoms with Crippen molar-refractivity contribution in [1.29, 1.82) is 0 Å². The molecule has 2 aromatic rings. The van der Waals surface area contributed by atoms with Gasteiger partial charge in [-0.15, -0.1) is 0 Å². The molecule has 0 aliphatic rings. The minimum absolute atomic E-state index is 0.318. The van der Waals surface area contributed by atoms with Gasteiger partial charge in [0.25, 0.3) is 0 Å². The predicted molar refractivity (Wildman–Crippen MR) is 98.2 cm³/mol. The van der Waals surface area contributed by atoms with E-state index >= 15 is 0 Å². The van der Waals surface area contributed by atoms with E-state index in [-0.39, 0.29) is 5.82 Å². The van der Waals surface area contributed by atoms with Crippen LogP contribution in [0.25, 0.3) is 0 Å². The molecule has 0 heterocycles. The Morgan fingerprint density at radius 3 is 2.77 bits per heavy atom. The molecule has 2 N–H and O–H groups in total. The molecular weight excluding hydrogens is 339 g/mol. The predicted octanol–water partition coefficient (Wildman–Crippen LogP) is 4.70. The van der Waals surface area contributed by atoms with Crippen LogP contribution in [-0.4, -0.2) is 17.4 Å². The van der Waals surface area contributed by atoms with E-state index in [1.807, 2.05) is 18.2 Å². The van der Waals surface area contributed by atoms with Crippen LogP contribution in [0.3, 0.4) is 0 Å². The summed E-state index contributed by atoms with van der Waals surface area (Å²) in [5, 5.41) is 7.09. The molecule has 22 heavy (non-hydrogen) atoms. The highest BCUT2D eigenvalue weighted by molar-refractivity contribution is 7.98. The van der Waals surface area contributed by atoms with Gasteiger partial charge in [-0.1, -0.05) is 35.9 Å². The third-order valence-electron chi connectivity index (χ3n) is 2.81. The monoisotopic (exact) mass is 354 g/mol. The number of nitrogens with one attached hydrogen (secondary N) is 2. The van der Waals surface area contributed by atoms with Crippen LogP contribution in [0.15, 0.2) is 48.5 Å². The van der Waals surface area contributed by atoms with Gasteiger partial charge in [0, 0.05) is 23.1 Å².